The average Bonchev–Trinajstić information content (AvgIpc) is 2.71. The van der Waals surface area contributed by atoms with Gasteiger partial charge in [-0.15, -0.1) is 11.8 Å². The SMILES string of the molecule is CSc1ccc(F)c(C2CCCC2)c1. The first kappa shape index (κ1) is 10.0. The first-order valence-electron chi connectivity index (χ1n) is 5.14. The van der Waals surface area contributed by atoms with Crippen molar-refractivity contribution in [3.8, 4) is 0 Å². The van der Waals surface area contributed by atoms with Crippen LogP contribution >= 0.6 is 11.8 Å². The molecule has 1 saturated carbocycles. The Morgan fingerprint density at radius 1 is 1.29 bits per heavy atom. The fourth-order valence-electron chi connectivity index (χ4n) is 2.20. The Hall–Kier alpha value is -0.500. The Labute approximate surface area is 88.9 Å². The molecule has 76 valence electrons. The summed E-state index contributed by atoms with van der Waals surface area (Å²) in [4.78, 5) is 1.17. The van der Waals surface area contributed by atoms with Gasteiger partial charge < -0.3 is 0 Å². The molecule has 0 radical (unpaired) electrons. The second kappa shape index (κ2) is 4.35. The van der Waals surface area contributed by atoms with Crippen LogP contribution in [0.3, 0.4) is 0 Å². The summed E-state index contributed by atoms with van der Waals surface area (Å²) in [5.74, 6) is 0.455. The largest absolute Gasteiger partial charge is 0.207 e. The number of hydrogen-bond acceptors (Lipinski definition) is 1. The van der Waals surface area contributed by atoms with E-state index in [1.807, 2.05) is 18.4 Å². The maximum absolute atomic E-state index is 13.5. The van der Waals surface area contributed by atoms with Crippen LogP contribution < -0.4 is 0 Å². The third-order valence-corrected chi connectivity index (χ3v) is 3.72. The van der Waals surface area contributed by atoms with Crippen LogP contribution in [0.25, 0.3) is 0 Å². The fraction of sp³-hybridized carbons (Fsp3) is 0.500. The third-order valence-electron chi connectivity index (χ3n) is 3.00. The normalized spacial score (nSPS) is 17.6. The lowest BCUT2D eigenvalue weighted by molar-refractivity contribution is 0.578. The quantitative estimate of drug-likeness (QED) is 0.659. The van der Waals surface area contributed by atoms with Crippen LogP contribution in [0.4, 0.5) is 4.39 Å². The smallest absolute Gasteiger partial charge is 0.126 e. The van der Waals surface area contributed by atoms with Crippen LogP contribution in [0.5, 0.6) is 0 Å². The lowest BCUT2D eigenvalue weighted by atomic mass is 9.97. The molecule has 0 bridgehead atoms. The summed E-state index contributed by atoms with van der Waals surface area (Å²) in [5.41, 5.74) is 0.939. The molecule has 0 N–H and O–H groups in total. The van der Waals surface area contributed by atoms with Crippen LogP contribution in [-0.4, -0.2) is 6.26 Å². The summed E-state index contributed by atoms with van der Waals surface area (Å²) in [6.45, 7) is 0. The molecule has 0 spiro atoms. The molecular formula is C12H15FS. The predicted molar refractivity (Wildman–Crippen MR) is 59.4 cm³/mol. The van der Waals surface area contributed by atoms with Gasteiger partial charge in [-0.25, -0.2) is 4.39 Å². The molecule has 0 heterocycles. The molecule has 1 fully saturated rings. The minimum Gasteiger partial charge on any atom is -0.207 e. The van der Waals surface area contributed by atoms with Gasteiger partial charge in [0.1, 0.15) is 5.82 Å². The van der Waals surface area contributed by atoms with E-state index in [2.05, 4.69) is 0 Å². The molecule has 2 heteroatoms. The molecule has 0 aromatic heterocycles. The van der Waals surface area contributed by atoms with Gasteiger partial charge in [-0.2, -0.15) is 0 Å². The zero-order valence-corrected chi connectivity index (χ0v) is 9.24. The summed E-state index contributed by atoms with van der Waals surface area (Å²) in [5, 5.41) is 0. The van der Waals surface area contributed by atoms with Crippen molar-refractivity contribution < 1.29 is 4.39 Å². The Balaban J connectivity index is 2.29. The van der Waals surface area contributed by atoms with Crippen molar-refractivity contribution in [2.24, 2.45) is 0 Å². The van der Waals surface area contributed by atoms with E-state index in [-0.39, 0.29) is 5.82 Å². The van der Waals surface area contributed by atoms with Gasteiger partial charge in [0.05, 0.1) is 0 Å². The Morgan fingerprint density at radius 2 is 2.00 bits per heavy atom. The van der Waals surface area contributed by atoms with Crippen molar-refractivity contribution in [2.75, 3.05) is 6.26 Å². The first-order chi connectivity index (χ1) is 6.81. The second-order valence-corrected chi connectivity index (χ2v) is 4.75. The average molecular weight is 210 g/mol. The zero-order valence-electron chi connectivity index (χ0n) is 8.42. The zero-order chi connectivity index (χ0) is 9.97. The van der Waals surface area contributed by atoms with Gasteiger partial charge in [-0.1, -0.05) is 12.8 Å². The summed E-state index contributed by atoms with van der Waals surface area (Å²) in [6, 6.07) is 5.49. The molecule has 0 nitrogen and oxygen atoms in total. The summed E-state index contributed by atoms with van der Waals surface area (Å²) < 4.78 is 13.5. The van der Waals surface area contributed by atoms with E-state index in [4.69, 9.17) is 0 Å². The molecule has 1 aliphatic rings. The fourth-order valence-corrected chi connectivity index (χ4v) is 2.65. The van der Waals surface area contributed by atoms with Gasteiger partial charge in [0.15, 0.2) is 0 Å². The highest BCUT2D eigenvalue weighted by atomic mass is 32.2. The van der Waals surface area contributed by atoms with Crippen LogP contribution in [-0.2, 0) is 0 Å². The second-order valence-electron chi connectivity index (χ2n) is 3.87. The molecular weight excluding hydrogens is 195 g/mol. The highest BCUT2D eigenvalue weighted by Crippen LogP contribution is 2.36. The van der Waals surface area contributed by atoms with Crippen LogP contribution in [0.1, 0.15) is 37.2 Å². The predicted octanol–water partition coefficient (Wildman–Crippen LogP) is 4.21. The van der Waals surface area contributed by atoms with Gasteiger partial charge in [-0.05, 0) is 48.8 Å². The lowest BCUT2D eigenvalue weighted by Crippen LogP contribution is -1.96. The minimum atomic E-state index is -0.0188. The van der Waals surface area contributed by atoms with E-state index in [1.165, 1.54) is 17.7 Å². The molecule has 1 aromatic rings. The number of rotatable bonds is 2. The van der Waals surface area contributed by atoms with Gasteiger partial charge in [0, 0.05) is 4.90 Å². The Morgan fingerprint density at radius 3 is 2.64 bits per heavy atom. The summed E-state index contributed by atoms with van der Waals surface area (Å²) >= 11 is 1.68. The van der Waals surface area contributed by atoms with Gasteiger partial charge in [-0.3, -0.25) is 0 Å². The van der Waals surface area contributed by atoms with E-state index < -0.39 is 0 Å². The van der Waals surface area contributed by atoms with Crippen molar-refractivity contribution in [1.29, 1.82) is 0 Å². The molecule has 2 rings (SSSR count). The van der Waals surface area contributed by atoms with E-state index in [9.17, 15) is 4.39 Å². The number of thioether (sulfide) groups is 1. The number of halogens is 1. The first-order valence-corrected chi connectivity index (χ1v) is 6.37. The van der Waals surface area contributed by atoms with E-state index in [0.29, 0.717) is 5.92 Å². The standard InChI is InChI=1S/C12H15FS/c1-14-10-6-7-12(13)11(8-10)9-4-2-3-5-9/h6-9H,2-5H2,1H3. The van der Waals surface area contributed by atoms with Crippen LogP contribution in [0.2, 0.25) is 0 Å². The number of hydrogen-bond donors (Lipinski definition) is 0. The number of benzene rings is 1. The molecule has 1 aliphatic carbocycles. The van der Waals surface area contributed by atoms with Crippen molar-refractivity contribution in [3.05, 3.63) is 29.6 Å². The maximum Gasteiger partial charge on any atom is 0.126 e. The molecule has 0 atom stereocenters. The molecule has 1 aromatic carbocycles. The maximum atomic E-state index is 13.5. The molecule has 0 unspecified atom stereocenters. The molecule has 14 heavy (non-hydrogen) atoms. The van der Waals surface area contributed by atoms with Gasteiger partial charge in [0.2, 0.25) is 0 Å². The summed E-state index contributed by atoms with van der Waals surface area (Å²) in [7, 11) is 0. The van der Waals surface area contributed by atoms with Gasteiger partial charge in [0.25, 0.3) is 0 Å². The molecule has 0 aliphatic heterocycles. The van der Waals surface area contributed by atoms with E-state index in [0.717, 1.165) is 18.4 Å². The minimum absolute atomic E-state index is 0.0188. The van der Waals surface area contributed by atoms with Crippen LogP contribution in [0, 0.1) is 5.82 Å². The molecule has 0 amide bonds. The Kier molecular flexibility index (Phi) is 3.12. The molecule has 0 saturated heterocycles. The lowest BCUT2D eigenvalue weighted by Gasteiger charge is -2.11. The van der Waals surface area contributed by atoms with Crippen molar-refractivity contribution >= 4 is 11.8 Å². The highest BCUT2D eigenvalue weighted by Gasteiger charge is 2.20. The van der Waals surface area contributed by atoms with Crippen LogP contribution in [0.15, 0.2) is 23.1 Å². The van der Waals surface area contributed by atoms with Crippen molar-refractivity contribution in [2.45, 2.75) is 36.5 Å². The van der Waals surface area contributed by atoms with E-state index in [1.54, 1.807) is 17.8 Å². The monoisotopic (exact) mass is 210 g/mol. The van der Waals surface area contributed by atoms with E-state index >= 15 is 0 Å². The third kappa shape index (κ3) is 1.95. The summed E-state index contributed by atoms with van der Waals surface area (Å²) in [6.07, 6.45) is 6.87. The Bertz CT molecular complexity index is 316. The van der Waals surface area contributed by atoms with Gasteiger partial charge >= 0.3 is 0 Å². The van der Waals surface area contributed by atoms with Crippen molar-refractivity contribution in [1.82, 2.24) is 0 Å². The topological polar surface area (TPSA) is 0 Å². The highest BCUT2D eigenvalue weighted by molar-refractivity contribution is 7.98. The van der Waals surface area contributed by atoms with Crippen molar-refractivity contribution in [3.63, 3.8) is 0 Å².